The summed E-state index contributed by atoms with van der Waals surface area (Å²) in [5, 5.41) is 12.0. The Balaban J connectivity index is 1.49. The Kier molecular flexibility index (Phi) is 5.22. The molecule has 1 amide bonds. The second-order valence-corrected chi connectivity index (χ2v) is 8.42. The predicted octanol–water partition coefficient (Wildman–Crippen LogP) is 4.53. The number of aryl methyl sites for hydroxylation is 1. The van der Waals surface area contributed by atoms with Gasteiger partial charge >= 0.3 is 6.18 Å². The summed E-state index contributed by atoms with van der Waals surface area (Å²) >= 11 is 0. The third-order valence-electron chi connectivity index (χ3n) is 6.15. The third-order valence-corrected chi connectivity index (χ3v) is 6.15. The summed E-state index contributed by atoms with van der Waals surface area (Å²) in [5.74, 6) is 0.427. The molecule has 5 rings (SSSR count). The van der Waals surface area contributed by atoms with Gasteiger partial charge in [-0.3, -0.25) is 4.79 Å². The maximum atomic E-state index is 13.9. The van der Waals surface area contributed by atoms with Crippen LogP contribution in [-0.2, 0) is 26.2 Å². The number of amides is 1. The molecule has 3 heterocycles. The second-order valence-electron chi connectivity index (χ2n) is 8.42. The molecule has 7 nitrogen and oxygen atoms in total. The highest BCUT2D eigenvalue weighted by Crippen LogP contribution is 2.40. The van der Waals surface area contributed by atoms with E-state index in [-0.39, 0.29) is 29.3 Å². The maximum Gasteiger partial charge on any atom is 0.416 e. The lowest BCUT2D eigenvalue weighted by Crippen LogP contribution is -2.23. The fourth-order valence-electron chi connectivity index (χ4n) is 4.29. The topological polar surface area (TPSA) is 68.8 Å². The van der Waals surface area contributed by atoms with Gasteiger partial charge in [0.15, 0.2) is 0 Å². The van der Waals surface area contributed by atoms with Crippen molar-refractivity contribution in [1.29, 1.82) is 0 Å². The smallest absolute Gasteiger partial charge is 0.321 e. The van der Waals surface area contributed by atoms with E-state index in [4.69, 9.17) is 0 Å². The molecule has 2 aromatic carbocycles. The molecule has 34 heavy (non-hydrogen) atoms. The first-order valence-corrected chi connectivity index (χ1v) is 10.7. The lowest BCUT2D eigenvalue weighted by molar-refractivity contribution is -0.138. The van der Waals surface area contributed by atoms with E-state index in [0.29, 0.717) is 12.1 Å². The van der Waals surface area contributed by atoms with Crippen molar-refractivity contribution >= 4 is 11.6 Å². The van der Waals surface area contributed by atoms with Crippen LogP contribution in [0.3, 0.4) is 0 Å². The second kappa shape index (κ2) is 8.12. The predicted molar refractivity (Wildman–Crippen MR) is 119 cm³/mol. The molecule has 2 aromatic heterocycles. The number of hydrogen-bond acceptors (Lipinski definition) is 4. The molecule has 0 N–H and O–H groups in total. The Morgan fingerprint density at radius 3 is 2.62 bits per heavy atom. The van der Waals surface area contributed by atoms with Gasteiger partial charge in [-0.2, -0.15) is 18.3 Å². The van der Waals surface area contributed by atoms with E-state index in [0.717, 1.165) is 17.5 Å². The standard InChI is InChI=1S/C24H21F3N6O/c1-15(9-22-30-28-14-31(22)2)16-5-3-6-17(10-16)32-13-20-19(23(32)34)11-18(33-8-4-7-29-33)12-21(20)24(25,26)27/h3-8,10-12,14-15H,9,13H2,1-2H3. The molecule has 1 atom stereocenters. The van der Waals surface area contributed by atoms with Gasteiger partial charge in [-0.1, -0.05) is 19.1 Å². The first-order valence-electron chi connectivity index (χ1n) is 10.7. The van der Waals surface area contributed by atoms with Crippen LogP contribution in [0.4, 0.5) is 18.9 Å². The quantitative estimate of drug-likeness (QED) is 0.434. The largest absolute Gasteiger partial charge is 0.416 e. The molecular weight excluding hydrogens is 445 g/mol. The van der Waals surface area contributed by atoms with Crippen molar-refractivity contribution < 1.29 is 18.0 Å². The van der Waals surface area contributed by atoms with Crippen molar-refractivity contribution in [2.45, 2.75) is 32.0 Å². The van der Waals surface area contributed by atoms with Crippen LogP contribution in [0.15, 0.2) is 61.2 Å². The fraction of sp³-hybridized carbons (Fsp3) is 0.250. The lowest BCUT2D eigenvalue weighted by atomic mass is 9.97. The number of carbonyl (C=O) groups excluding carboxylic acids is 1. The number of hydrogen-bond donors (Lipinski definition) is 0. The summed E-state index contributed by atoms with van der Waals surface area (Å²) in [7, 11) is 1.87. The number of benzene rings is 2. The number of alkyl halides is 3. The summed E-state index contributed by atoms with van der Waals surface area (Å²) < 4.78 is 45.0. The Morgan fingerprint density at radius 1 is 1.12 bits per heavy atom. The van der Waals surface area contributed by atoms with Gasteiger partial charge in [0.05, 0.1) is 17.8 Å². The van der Waals surface area contributed by atoms with Gasteiger partial charge in [0.25, 0.3) is 5.91 Å². The molecule has 0 saturated heterocycles. The van der Waals surface area contributed by atoms with Crippen LogP contribution in [0.25, 0.3) is 5.69 Å². The van der Waals surface area contributed by atoms with Crippen LogP contribution in [0, 0.1) is 0 Å². The van der Waals surface area contributed by atoms with Gasteiger partial charge in [0.2, 0.25) is 0 Å². The lowest BCUT2D eigenvalue weighted by Gasteiger charge is -2.19. The van der Waals surface area contributed by atoms with Crippen LogP contribution in [0.5, 0.6) is 0 Å². The highest BCUT2D eigenvalue weighted by molar-refractivity contribution is 6.10. The van der Waals surface area contributed by atoms with E-state index in [9.17, 15) is 18.0 Å². The molecule has 1 unspecified atom stereocenters. The Hall–Kier alpha value is -3.95. The molecule has 0 fully saturated rings. The van der Waals surface area contributed by atoms with E-state index in [1.165, 1.54) is 21.8 Å². The first kappa shape index (κ1) is 21.9. The molecular formula is C24H21F3N6O. The Morgan fingerprint density at radius 2 is 1.94 bits per heavy atom. The zero-order valence-electron chi connectivity index (χ0n) is 18.5. The van der Waals surface area contributed by atoms with Crippen molar-refractivity contribution in [3.05, 3.63) is 89.3 Å². The highest BCUT2D eigenvalue weighted by Gasteiger charge is 2.40. The molecule has 0 saturated carbocycles. The Bertz CT molecular complexity index is 1360. The van der Waals surface area contributed by atoms with Gasteiger partial charge in [-0.05, 0) is 47.4 Å². The zero-order chi connectivity index (χ0) is 24.0. The van der Waals surface area contributed by atoms with Crippen molar-refractivity contribution in [2.24, 2.45) is 7.05 Å². The number of rotatable bonds is 5. The number of nitrogens with zero attached hydrogens (tertiary/aromatic N) is 6. The summed E-state index contributed by atoms with van der Waals surface area (Å²) in [6, 6.07) is 11.5. The van der Waals surface area contributed by atoms with Gasteiger partial charge in [0, 0.05) is 37.1 Å². The molecule has 0 radical (unpaired) electrons. The number of anilines is 1. The number of carbonyl (C=O) groups is 1. The van der Waals surface area contributed by atoms with Crippen LogP contribution < -0.4 is 4.90 Å². The number of aromatic nitrogens is 5. The zero-order valence-corrected chi connectivity index (χ0v) is 18.5. The van der Waals surface area contributed by atoms with Crippen molar-refractivity contribution in [1.82, 2.24) is 24.5 Å². The minimum Gasteiger partial charge on any atom is -0.321 e. The molecule has 0 spiro atoms. The van der Waals surface area contributed by atoms with Gasteiger partial charge < -0.3 is 9.47 Å². The molecule has 0 bridgehead atoms. The SMILES string of the molecule is CC(Cc1nncn1C)c1cccc(N2Cc3c(cc(-n4cccn4)cc3C(F)(F)F)C2=O)c1. The van der Waals surface area contributed by atoms with E-state index < -0.39 is 17.6 Å². The number of fused-ring (bicyclic) bond motifs is 1. The summed E-state index contributed by atoms with van der Waals surface area (Å²) in [5.41, 5.74) is 0.897. The van der Waals surface area contributed by atoms with Crippen LogP contribution >= 0.6 is 0 Å². The van der Waals surface area contributed by atoms with E-state index in [1.807, 2.05) is 36.7 Å². The van der Waals surface area contributed by atoms with Gasteiger partial charge in [-0.15, -0.1) is 10.2 Å². The van der Waals surface area contributed by atoms with Crippen molar-refractivity contribution in [3.63, 3.8) is 0 Å². The normalized spacial score (nSPS) is 14.5. The van der Waals surface area contributed by atoms with Crippen LogP contribution in [-0.4, -0.2) is 30.5 Å². The van der Waals surface area contributed by atoms with E-state index in [1.54, 1.807) is 24.7 Å². The van der Waals surface area contributed by atoms with Crippen LogP contribution in [0.1, 0.15) is 45.7 Å². The minimum absolute atomic E-state index is 0.0223. The van der Waals surface area contributed by atoms with E-state index in [2.05, 4.69) is 15.3 Å². The summed E-state index contributed by atoms with van der Waals surface area (Å²) in [6.07, 6.45) is 0.688. The molecule has 1 aliphatic heterocycles. The Labute approximate surface area is 193 Å². The van der Waals surface area contributed by atoms with E-state index >= 15 is 0 Å². The fourth-order valence-corrected chi connectivity index (χ4v) is 4.29. The minimum atomic E-state index is -4.60. The monoisotopic (exact) mass is 466 g/mol. The van der Waals surface area contributed by atoms with Crippen molar-refractivity contribution in [3.8, 4) is 5.69 Å². The average molecular weight is 466 g/mol. The molecule has 174 valence electrons. The van der Waals surface area contributed by atoms with Gasteiger partial charge in [0.1, 0.15) is 12.2 Å². The molecule has 10 heteroatoms. The average Bonchev–Trinajstić information content (AvgIpc) is 3.54. The molecule has 0 aliphatic carbocycles. The molecule has 1 aliphatic rings. The first-order chi connectivity index (χ1) is 16.2. The van der Waals surface area contributed by atoms with Gasteiger partial charge in [-0.25, -0.2) is 4.68 Å². The number of halogens is 3. The summed E-state index contributed by atoms with van der Waals surface area (Å²) in [4.78, 5) is 14.7. The highest BCUT2D eigenvalue weighted by atomic mass is 19.4. The van der Waals surface area contributed by atoms with Crippen molar-refractivity contribution in [2.75, 3.05) is 4.90 Å². The van der Waals surface area contributed by atoms with Crippen LogP contribution in [0.2, 0.25) is 0 Å². The maximum absolute atomic E-state index is 13.9. The molecule has 4 aromatic rings. The summed E-state index contributed by atoms with van der Waals surface area (Å²) in [6.45, 7) is 1.88. The third kappa shape index (κ3) is 3.85.